The zero-order valence-electron chi connectivity index (χ0n) is 34.6. The van der Waals surface area contributed by atoms with Crippen molar-refractivity contribution in [2.75, 3.05) is 26.8 Å². The van der Waals surface area contributed by atoms with E-state index in [0.717, 1.165) is 76.3 Å². The number of aliphatic hydroxyl groups excluding tert-OH is 1. The number of aromatic amines is 2. The van der Waals surface area contributed by atoms with Crippen LogP contribution in [0.1, 0.15) is 77.1 Å². The van der Waals surface area contributed by atoms with E-state index in [1.165, 1.54) is 15.0 Å². The zero-order chi connectivity index (χ0) is 42.2. The average molecular weight is 849 g/mol. The van der Waals surface area contributed by atoms with Gasteiger partial charge in [-0.25, -0.2) is 9.97 Å². The Kier molecular flexibility index (Phi) is 11.8. The van der Waals surface area contributed by atoms with Gasteiger partial charge in [0, 0.05) is 40.5 Å². The Labute approximate surface area is 357 Å². The Balaban J connectivity index is 1.01. The molecule has 2 unspecified atom stereocenters. The molecule has 15 heteroatoms. The zero-order valence-corrected chi connectivity index (χ0v) is 36.2. The molecule has 2 aromatic carbocycles. The van der Waals surface area contributed by atoms with Gasteiger partial charge in [-0.05, 0) is 61.3 Å². The fourth-order valence-electron chi connectivity index (χ4n) is 8.58. The quantitative estimate of drug-likeness (QED) is 0.0694. The summed E-state index contributed by atoms with van der Waals surface area (Å²) in [6.07, 6.45) is 5.16. The van der Waals surface area contributed by atoms with E-state index in [1.807, 2.05) is 38.8 Å². The number of nitrogens with one attached hydrogen (secondary N) is 4. The molecule has 2 fully saturated rings. The van der Waals surface area contributed by atoms with E-state index in [-0.39, 0.29) is 35.7 Å². The monoisotopic (exact) mass is 848 g/mol. The van der Waals surface area contributed by atoms with Gasteiger partial charge in [-0.1, -0.05) is 64.1 Å². The first-order chi connectivity index (χ1) is 29.0. The van der Waals surface area contributed by atoms with Gasteiger partial charge in [0.2, 0.25) is 17.7 Å². The van der Waals surface area contributed by atoms with Crippen molar-refractivity contribution in [1.29, 1.82) is 0 Å². The molecule has 4 aromatic heterocycles. The molecule has 8 rings (SSSR count). The molecule has 314 valence electrons. The maximum atomic E-state index is 13.9. The summed E-state index contributed by atoms with van der Waals surface area (Å²) in [7, 11) is 1.55. The molecule has 0 saturated carbocycles. The van der Waals surface area contributed by atoms with Crippen molar-refractivity contribution in [1.82, 2.24) is 40.4 Å². The highest BCUT2D eigenvalue weighted by molar-refractivity contribution is 7.27. The second-order valence-electron chi connectivity index (χ2n) is 16.4. The maximum Gasteiger partial charge on any atom is 0.246 e. The Morgan fingerprint density at radius 3 is 2.07 bits per heavy atom. The molecular weight excluding hydrogens is 797 g/mol. The molecule has 5 N–H and O–H groups in total. The number of thiophene rings is 2. The molecule has 0 aliphatic carbocycles. The van der Waals surface area contributed by atoms with Crippen molar-refractivity contribution in [2.24, 2.45) is 11.8 Å². The molecule has 2 saturated heterocycles. The molecule has 0 bridgehead atoms. The highest BCUT2D eigenvalue weighted by atomic mass is 32.1. The van der Waals surface area contributed by atoms with Crippen LogP contribution < -0.4 is 10.6 Å². The Hall–Kier alpha value is -5.51. The molecule has 0 radical (unpaired) electrons. The minimum absolute atomic E-state index is 0.0211. The minimum Gasteiger partial charge on any atom is -0.483 e. The summed E-state index contributed by atoms with van der Waals surface area (Å²) in [4.78, 5) is 60.2. The number of aromatic nitrogens is 4. The number of carbonyl (C=O) groups excluding carboxylic acids is 3. The molecule has 4 atom stereocenters. The predicted octanol–water partition coefficient (Wildman–Crippen LogP) is 7.76. The van der Waals surface area contributed by atoms with Crippen LogP contribution in [0.5, 0.6) is 0 Å². The fourth-order valence-corrected chi connectivity index (χ4v) is 11.0. The largest absolute Gasteiger partial charge is 0.483 e. The topological polar surface area (TPSA) is 169 Å². The summed E-state index contributed by atoms with van der Waals surface area (Å²) in [5, 5.41) is 19.6. The van der Waals surface area contributed by atoms with E-state index in [4.69, 9.17) is 14.7 Å². The van der Waals surface area contributed by atoms with Crippen LogP contribution in [0.25, 0.3) is 53.9 Å². The molecule has 13 nitrogen and oxygen atoms in total. The molecular formula is C45H52N8O5S2. The van der Waals surface area contributed by atoms with E-state index >= 15 is 0 Å². The Morgan fingerprint density at radius 1 is 0.833 bits per heavy atom. The van der Waals surface area contributed by atoms with Crippen molar-refractivity contribution in [3.63, 3.8) is 0 Å². The van der Waals surface area contributed by atoms with Gasteiger partial charge in [0.1, 0.15) is 30.3 Å². The number of nitrogens with zero attached hydrogens (tertiary/aromatic N) is 4. The second-order valence-corrected chi connectivity index (χ2v) is 18.1. The first kappa shape index (κ1) is 41.2. The minimum atomic E-state index is -0.719. The first-order valence-electron chi connectivity index (χ1n) is 20.6. The van der Waals surface area contributed by atoms with Crippen molar-refractivity contribution in [3.8, 4) is 33.5 Å². The van der Waals surface area contributed by atoms with Crippen LogP contribution >= 0.6 is 22.7 Å². The van der Waals surface area contributed by atoms with Gasteiger partial charge in [-0.3, -0.25) is 14.4 Å². The first-order valence-corrected chi connectivity index (χ1v) is 22.4. The summed E-state index contributed by atoms with van der Waals surface area (Å²) in [6, 6.07) is 13.2. The van der Waals surface area contributed by atoms with E-state index in [1.54, 1.807) is 34.7 Å². The molecule has 0 spiro atoms. The van der Waals surface area contributed by atoms with Crippen LogP contribution in [0.2, 0.25) is 0 Å². The number of carbonyl (C=O) groups is 3. The SMILES string of the molecule is C=C(N[C@H](C(=O)N1CCCC1c1nc2c(-c3csc4c(-c5ccc(-c6cnc(C7CCCN7C(=O)[C@@H](NC(=O)CO)C(C)C)[nH]6)cc5)csc34)cccc2[nH]1)C(C)C)OC. The number of fused-ring (bicyclic) bond motifs is 2. The molecule has 6 aromatic rings. The number of benzene rings is 2. The smallest absolute Gasteiger partial charge is 0.246 e. The van der Waals surface area contributed by atoms with Crippen LogP contribution in [0, 0.1) is 11.8 Å². The summed E-state index contributed by atoms with van der Waals surface area (Å²) in [6.45, 7) is 12.3. The van der Waals surface area contributed by atoms with E-state index in [0.29, 0.717) is 19.0 Å². The molecule has 2 aliphatic heterocycles. The number of aliphatic hydroxyl groups is 1. The summed E-state index contributed by atoms with van der Waals surface area (Å²) < 4.78 is 7.68. The predicted molar refractivity (Wildman–Crippen MR) is 237 cm³/mol. The van der Waals surface area contributed by atoms with Gasteiger partial charge in [0.05, 0.1) is 51.5 Å². The lowest BCUT2D eigenvalue weighted by Gasteiger charge is -2.30. The van der Waals surface area contributed by atoms with Crippen molar-refractivity contribution >= 4 is 60.8 Å². The van der Waals surface area contributed by atoms with Crippen LogP contribution in [0.3, 0.4) is 0 Å². The van der Waals surface area contributed by atoms with Crippen LogP contribution in [0.4, 0.5) is 0 Å². The normalized spacial score (nSPS) is 17.9. The average Bonchev–Trinajstić information content (AvgIpc) is 4.10. The number of H-pyrrole nitrogens is 2. The summed E-state index contributed by atoms with van der Waals surface area (Å²) in [5.74, 6) is 1.10. The lowest BCUT2D eigenvalue weighted by molar-refractivity contribution is -0.139. The van der Waals surface area contributed by atoms with E-state index in [9.17, 15) is 19.5 Å². The Bertz CT molecular complexity index is 2530. The standard InChI is InChI=1S/C45H52N8O5S2/c1-24(2)37(47-26(5)58-6)44(56)53-19-9-13-35(53)43-48-32-11-7-10-29(39(32)51-43)31-23-60-40-30(22-59-41(31)40)27-14-16-28(17-15-27)33-20-46-42(49-33)34-12-8-18-52(34)45(57)38(25(3)4)50-36(55)21-54/h7,10-11,14-17,20,22-25,34-35,37-38,47,54H,5,8-9,12-13,18-19,21H2,1-4,6H3,(H,46,49)(H,48,51)(H,50,55)/t34?,35?,37-,38-/m0/s1. The highest BCUT2D eigenvalue weighted by Crippen LogP contribution is 2.46. The lowest BCUT2D eigenvalue weighted by atomic mass is 10.0. The molecule has 6 heterocycles. The van der Waals surface area contributed by atoms with Crippen molar-refractivity contribution in [3.05, 3.63) is 83.5 Å². The van der Waals surface area contributed by atoms with Crippen molar-refractivity contribution in [2.45, 2.75) is 77.5 Å². The maximum absolute atomic E-state index is 13.9. The number of likely N-dealkylation sites (tertiary alicyclic amines) is 2. The van der Waals surface area contributed by atoms with Gasteiger partial charge >= 0.3 is 0 Å². The molecule has 2 aliphatic rings. The molecule has 3 amide bonds. The fraction of sp³-hybridized carbons (Fsp3) is 0.400. The number of rotatable bonds is 14. The van der Waals surface area contributed by atoms with Gasteiger partial charge in [0.25, 0.3) is 0 Å². The number of amides is 3. The van der Waals surface area contributed by atoms with Gasteiger partial charge in [-0.15, -0.1) is 22.7 Å². The lowest BCUT2D eigenvalue weighted by Crippen LogP contribution is -2.51. The number of ether oxygens (including phenoxy) is 1. The molecule has 60 heavy (non-hydrogen) atoms. The third-order valence-electron chi connectivity index (χ3n) is 11.8. The third-order valence-corrected chi connectivity index (χ3v) is 14.0. The number of para-hydroxylation sites is 1. The second kappa shape index (κ2) is 17.2. The van der Waals surface area contributed by atoms with Crippen LogP contribution in [-0.2, 0) is 19.1 Å². The van der Waals surface area contributed by atoms with Crippen LogP contribution in [0.15, 0.2) is 71.9 Å². The van der Waals surface area contributed by atoms with Gasteiger partial charge in [0.15, 0.2) is 5.88 Å². The van der Waals surface area contributed by atoms with Gasteiger partial charge in [-0.2, -0.15) is 0 Å². The third kappa shape index (κ3) is 7.81. The number of methoxy groups -OCH3 is 1. The number of hydrogen-bond acceptors (Lipinski definition) is 10. The van der Waals surface area contributed by atoms with Crippen molar-refractivity contribution < 1.29 is 24.2 Å². The number of hydrogen-bond donors (Lipinski definition) is 5. The van der Waals surface area contributed by atoms with E-state index in [2.05, 4.69) is 80.4 Å². The van der Waals surface area contributed by atoms with Gasteiger partial charge < -0.3 is 40.2 Å². The summed E-state index contributed by atoms with van der Waals surface area (Å²) in [5.41, 5.74) is 8.19. The number of imidazole rings is 2. The van der Waals surface area contributed by atoms with Crippen LogP contribution in [-0.4, -0.2) is 91.5 Å². The summed E-state index contributed by atoms with van der Waals surface area (Å²) >= 11 is 3.47. The Morgan fingerprint density at radius 2 is 1.43 bits per heavy atom. The van der Waals surface area contributed by atoms with E-state index < -0.39 is 24.6 Å². The highest BCUT2D eigenvalue weighted by Gasteiger charge is 2.39.